The number of rotatable bonds is 7. The molecule has 27 heavy (non-hydrogen) atoms. The average Bonchev–Trinajstić information content (AvgIpc) is 2.71. The molecule has 1 heterocycles. The van der Waals surface area contributed by atoms with E-state index in [1.54, 1.807) is 36.3 Å². The number of aromatic nitrogens is 1. The van der Waals surface area contributed by atoms with Crippen LogP contribution in [0.3, 0.4) is 0 Å². The van der Waals surface area contributed by atoms with E-state index >= 15 is 0 Å². The SMILES string of the molecule is N#Cc1ccc(CSCC(=O)Nc2ccc(Cc3ccncc3)cc2)cc1. The van der Waals surface area contributed by atoms with Gasteiger partial charge in [0.1, 0.15) is 0 Å². The van der Waals surface area contributed by atoms with Crippen molar-refractivity contribution in [1.82, 2.24) is 4.98 Å². The van der Waals surface area contributed by atoms with Gasteiger partial charge in [0, 0.05) is 23.8 Å². The molecule has 2 aromatic carbocycles. The smallest absolute Gasteiger partial charge is 0.234 e. The van der Waals surface area contributed by atoms with E-state index in [1.807, 2.05) is 48.5 Å². The van der Waals surface area contributed by atoms with Crippen LogP contribution < -0.4 is 5.32 Å². The highest BCUT2D eigenvalue weighted by Crippen LogP contribution is 2.16. The monoisotopic (exact) mass is 373 g/mol. The minimum atomic E-state index is -0.0180. The largest absolute Gasteiger partial charge is 0.325 e. The molecular weight excluding hydrogens is 354 g/mol. The van der Waals surface area contributed by atoms with Crippen molar-refractivity contribution in [2.24, 2.45) is 0 Å². The summed E-state index contributed by atoms with van der Waals surface area (Å²) in [6.07, 6.45) is 4.43. The summed E-state index contributed by atoms with van der Waals surface area (Å²) in [5.74, 6) is 1.11. The maximum absolute atomic E-state index is 12.1. The van der Waals surface area contributed by atoms with Crippen molar-refractivity contribution in [1.29, 1.82) is 5.26 Å². The number of carbonyl (C=O) groups is 1. The molecule has 0 bridgehead atoms. The van der Waals surface area contributed by atoms with Crippen molar-refractivity contribution in [2.75, 3.05) is 11.1 Å². The predicted octanol–water partition coefficient (Wildman–Crippen LogP) is 4.42. The van der Waals surface area contributed by atoms with Gasteiger partial charge in [-0.05, 0) is 59.5 Å². The van der Waals surface area contributed by atoms with Crippen LogP contribution in [-0.2, 0) is 17.0 Å². The number of pyridine rings is 1. The minimum absolute atomic E-state index is 0.0180. The first kappa shape index (κ1) is 18.7. The number of thioether (sulfide) groups is 1. The Balaban J connectivity index is 1.44. The average molecular weight is 373 g/mol. The van der Waals surface area contributed by atoms with Crippen LogP contribution in [0, 0.1) is 11.3 Å². The van der Waals surface area contributed by atoms with Gasteiger partial charge in [-0.1, -0.05) is 24.3 Å². The van der Waals surface area contributed by atoms with Gasteiger partial charge < -0.3 is 5.32 Å². The molecule has 1 aromatic heterocycles. The number of anilines is 1. The van der Waals surface area contributed by atoms with Crippen LogP contribution in [0.2, 0.25) is 0 Å². The van der Waals surface area contributed by atoms with Gasteiger partial charge in [-0.2, -0.15) is 5.26 Å². The van der Waals surface area contributed by atoms with E-state index in [2.05, 4.69) is 16.4 Å². The quantitative estimate of drug-likeness (QED) is 0.666. The molecule has 0 spiro atoms. The third-order valence-corrected chi connectivity index (χ3v) is 4.98. The van der Waals surface area contributed by atoms with Gasteiger partial charge in [-0.15, -0.1) is 11.8 Å². The molecule has 1 N–H and O–H groups in total. The lowest BCUT2D eigenvalue weighted by atomic mass is 10.1. The van der Waals surface area contributed by atoms with Gasteiger partial charge >= 0.3 is 0 Å². The first-order valence-corrected chi connectivity index (χ1v) is 9.73. The molecule has 5 heteroatoms. The van der Waals surface area contributed by atoms with Crippen LogP contribution in [0.25, 0.3) is 0 Å². The zero-order valence-electron chi connectivity index (χ0n) is 14.8. The molecule has 0 unspecified atom stereocenters. The lowest BCUT2D eigenvalue weighted by Crippen LogP contribution is -2.14. The molecule has 1 amide bonds. The Kier molecular flexibility index (Phi) is 6.61. The highest BCUT2D eigenvalue weighted by Gasteiger charge is 2.04. The molecule has 0 aliphatic rings. The number of carbonyl (C=O) groups excluding carboxylic acids is 1. The summed E-state index contributed by atoms with van der Waals surface area (Å²) in [6, 6.07) is 21.5. The number of benzene rings is 2. The number of nitriles is 1. The number of nitrogens with zero attached hydrogens (tertiary/aromatic N) is 2. The Morgan fingerprint density at radius 3 is 2.22 bits per heavy atom. The second kappa shape index (κ2) is 9.56. The van der Waals surface area contributed by atoms with Gasteiger partial charge in [0.25, 0.3) is 0 Å². The molecule has 0 radical (unpaired) electrons. The number of hydrogen-bond acceptors (Lipinski definition) is 4. The summed E-state index contributed by atoms with van der Waals surface area (Å²) in [6.45, 7) is 0. The van der Waals surface area contributed by atoms with Gasteiger partial charge in [0.05, 0.1) is 17.4 Å². The highest BCUT2D eigenvalue weighted by molar-refractivity contribution is 7.99. The molecular formula is C22H19N3OS. The van der Waals surface area contributed by atoms with Crippen LogP contribution in [-0.4, -0.2) is 16.6 Å². The molecule has 0 aliphatic heterocycles. The predicted molar refractivity (Wildman–Crippen MR) is 109 cm³/mol. The van der Waals surface area contributed by atoms with Crippen molar-refractivity contribution in [3.63, 3.8) is 0 Å². The first-order chi connectivity index (χ1) is 13.2. The molecule has 0 saturated heterocycles. The zero-order valence-corrected chi connectivity index (χ0v) is 15.6. The molecule has 0 saturated carbocycles. The maximum Gasteiger partial charge on any atom is 0.234 e. The van der Waals surface area contributed by atoms with E-state index in [4.69, 9.17) is 5.26 Å². The fraction of sp³-hybridized carbons (Fsp3) is 0.136. The molecule has 0 fully saturated rings. The van der Waals surface area contributed by atoms with Gasteiger partial charge in [-0.25, -0.2) is 0 Å². The summed E-state index contributed by atoms with van der Waals surface area (Å²) in [4.78, 5) is 16.1. The van der Waals surface area contributed by atoms with Crippen LogP contribution in [0.4, 0.5) is 5.69 Å². The van der Waals surface area contributed by atoms with Crippen molar-refractivity contribution in [3.8, 4) is 6.07 Å². The lowest BCUT2D eigenvalue weighted by molar-refractivity contribution is -0.113. The van der Waals surface area contributed by atoms with E-state index in [0.29, 0.717) is 11.3 Å². The minimum Gasteiger partial charge on any atom is -0.325 e. The first-order valence-electron chi connectivity index (χ1n) is 8.57. The number of nitrogens with one attached hydrogen (secondary N) is 1. The van der Waals surface area contributed by atoms with Crippen LogP contribution in [0.15, 0.2) is 73.1 Å². The molecule has 3 aromatic rings. The number of amides is 1. The van der Waals surface area contributed by atoms with Crippen molar-refractivity contribution < 1.29 is 4.79 Å². The fourth-order valence-corrected chi connectivity index (χ4v) is 3.36. The van der Waals surface area contributed by atoms with E-state index in [-0.39, 0.29) is 5.91 Å². The Hall–Kier alpha value is -3.10. The Morgan fingerprint density at radius 2 is 1.56 bits per heavy atom. The topological polar surface area (TPSA) is 65.8 Å². The van der Waals surface area contributed by atoms with E-state index in [0.717, 1.165) is 23.4 Å². The highest BCUT2D eigenvalue weighted by atomic mass is 32.2. The van der Waals surface area contributed by atoms with Crippen molar-refractivity contribution in [3.05, 3.63) is 95.3 Å². The van der Waals surface area contributed by atoms with Crippen molar-refractivity contribution in [2.45, 2.75) is 12.2 Å². The second-order valence-corrected chi connectivity index (χ2v) is 7.06. The third-order valence-electron chi connectivity index (χ3n) is 3.98. The summed E-state index contributed by atoms with van der Waals surface area (Å²) < 4.78 is 0. The lowest BCUT2D eigenvalue weighted by Gasteiger charge is -2.07. The standard InChI is InChI=1S/C22H19N3OS/c23-14-19-1-3-20(4-2-19)15-27-16-22(26)25-21-7-5-17(6-8-21)13-18-9-11-24-12-10-18/h1-12H,13,15-16H2,(H,25,26). The third kappa shape index (κ3) is 5.98. The Labute approximate surface area is 163 Å². The summed E-state index contributed by atoms with van der Waals surface area (Å²) in [7, 11) is 0. The molecule has 0 atom stereocenters. The second-order valence-electron chi connectivity index (χ2n) is 6.08. The number of hydrogen-bond donors (Lipinski definition) is 1. The van der Waals surface area contributed by atoms with E-state index in [1.165, 1.54) is 11.1 Å². The Bertz CT molecular complexity index is 917. The summed E-state index contributed by atoms with van der Waals surface area (Å²) in [5, 5.41) is 11.7. The van der Waals surface area contributed by atoms with Crippen LogP contribution in [0.5, 0.6) is 0 Å². The van der Waals surface area contributed by atoms with Crippen LogP contribution in [0.1, 0.15) is 22.3 Å². The molecule has 0 aliphatic carbocycles. The molecule has 134 valence electrons. The van der Waals surface area contributed by atoms with Gasteiger partial charge in [0.2, 0.25) is 5.91 Å². The van der Waals surface area contributed by atoms with Gasteiger partial charge in [0.15, 0.2) is 0 Å². The molecule has 4 nitrogen and oxygen atoms in total. The zero-order chi connectivity index (χ0) is 18.9. The van der Waals surface area contributed by atoms with Crippen LogP contribution >= 0.6 is 11.8 Å². The van der Waals surface area contributed by atoms with Crippen molar-refractivity contribution >= 4 is 23.4 Å². The fourth-order valence-electron chi connectivity index (χ4n) is 2.58. The summed E-state index contributed by atoms with van der Waals surface area (Å²) >= 11 is 1.55. The molecule has 3 rings (SSSR count). The Morgan fingerprint density at radius 1 is 0.926 bits per heavy atom. The van der Waals surface area contributed by atoms with Gasteiger partial charge in [-0.3, -0.25) is 9.78 Å². The maximum atomic E-state index is 12.1. The van der Waals surface area contributed by atoms with E-state index in [9.17, 15) is 4.79 Å². The van der Waals surface area contributed by atoms with E-state index < -0.39 is 0 Å². The normalized spacial score (nSPS) is 10.2. The summed E-state index contributed by atoms with van der Waals surface area (Å²) in [5.41, 5.74) is 4.95.